The van der Waals surface area contributed by atoms with Gasteiger partial charge in [0.15, 0.2) is 9.84 Å². The van der Waals surface area contributed by atoms with Crippen molar-refractivity contribution in [3.8, 4) is 0 Å². The third kappa shape index (κ3) is 3.13. The van der Waals surface area contributed by atoms with Gasteiger partial charge < -0.3 is 0 Å². The Balaban J connectivity index is 3.23. The van der Waals surface area contributed by atoms with Gasteiger partial charge in [-0.05, 0) is 34.7 Å². The van der Waals surface area contributed by atoms with E-state index in [4.69, 9.17) is 23.2 Å². The van der Waals surface area contributed by atoms with Crippen molar-refractivity contribution >= 4 is 61.4 Å². The molecule has 0 radical (unpaired) electrons. The number of sulfone groups is 1. The number of hydrogen-bond donors (Lipinski definition) is 0. The minimum atomic E-state index is -3.70. The Morgan fingerprint density at radius 3 is 2.53 bits per heavy atom. The quantitative estimate of drug-likeness (QED) is 0.438. The van der Waals surface area contributed by atoms with Gasteiger partial charge >= 0.3 is 0 Å². The van der Waals surface area contributed by atoms with Crippen LogP contribution in [0.3, 0.4) is 0 Å². The van der Waals surface area contributed by atoms with Crippen molar-refractivity contribution in [2.45, 2.75) is 9.14 Å². The highest BCUT2D eigenvalue weighted by Crippen LogP contribution is 2.35. The van der Waals surface area contributed by atoms with Gasteiger partial charge in [-0.2, -0.15) is 0 Å². The summed E-state index contributed by atoms with van der Waals surface area (Å²) in [4.78, 5) is 12.0. The van der Waals surface area contributed by atoms with Crippen LogP contribution in [0.5, 0.6) is 0 Å². The van der Waals surface area contributed by atoms with E-state index in [2.05, 4.69) is 0 Å². The van der Waals surface area contributed by atoms with Gasteiger partial charge in [-0.25, -0.2) is 8.42 Å². The number of rotatable bonds is 4. The van der Waals surface area contributed by atoms with Gasteiger partial charge in [-0.3, -0.25) is 4.79 Å². The van der Waals surface area contributed by atoms with Gasteiger partial charge in [-0.1, -0.05) is 42.3 Å². The maximum absolute atomic E-state index is 12.0. The Kier molecular flexibility index (Phi) is 4.85. The predicted molar refractivity (Wildman–Crippen MR) is 77.8 cm³/mol. The van der Waals surface area contributed by atoms with E-state index in [0.29, 0.717) is 5.02 Å². The molecule has 1 aromatic rings. The molecule has 0 aliphatic carbocycles. The maximum Gasteiger partial charge on any atom is 0.257 e. The summed E-state index contributed by atoms with van der Waals surface area (Å²) >= 11 is 13.1. The first-order chi connectivity index (χ1) is 7.72. The SMILES string of the molecule is CCS(=O)(=O)[C@@](Cl)(I)C(=O)c1cccc(Cl)c1. The Labute approximate surface area is 124 Å². The summed E-state index contributed by atoms with van der Waals surface area (Å²) in [7, 11) is -3.70. The summed E-state index contributed by atoms with van der Waals surface area (Å²) in [6.45, 7) is 1.44. The van der Waals surface area contributed by atoms with Crippen LogP contribution in [-0.2, 0) is 9.84 Å². The van der Waals surface area contributed by atoms with E-state index in [0.717, 1.165) is 0 Å². The largest absolute Gasteiger partial charge is 0.290 e. The number of Topliss-reactive ketones (excluding diaryl/α,β-unsaturated/α-hetero) is 1. The molecule has 17 heavy (non-hydrogen) atoms. The molecule has 0 saturated heterocycles. The number of benzene rings is 1. The van der Waals surface area contributed by atoms with Crippen LogP contribution in [0.2, 0.25) is 5.02 Å². The van der Waals surface area contributed by atoms with E-state index >= 15 is 0 Å². The lowest BCUT2D eigenvalue weighted by Gasteiger charge is -2.18. The molecular formula is C10H9Cl2IO3S. The first kappa shape index (κ1) is 15.2. The molecule has 1 atom stereocenters. The van der Waals surface area contributed by atoms with Gasteiger partial charge in [0.05, 0.1) is 5.75 Å². The van der Waals surface area contributed by atoms with E-state index < -0.39 is 17.8 Å². The third-order valence-electron chi connectivity index (χ3n) is 2.12. The van der Waals surface area contributed by atoms with Crippen molar-refractivity contribution < 1.29 is 13.2 Å². The Morgan fingerprint density at radius 1 is 1.47 bits per heavy atom. The molecule has 0 fully saturated rings. The van der Waals surface area contributed by atoms with Crippen LogP contribution in [0.25, 0.3) is 0 Å². The summed E-state index contributed by atoms with van der Waals surface area (Å²) in [5.74, 6) is -0.879. The molecule has 94 valence electrons. The van der Waals surface area contributed by atoms with E-state index in [1.165, 1.54) is 41.6 Å². The van der Waals surface area contributed by atoms with Crippen LogP contribution in [-0.4, -0.2) is 22.2 Å². The first-order valence-electron chi connectivity index (χ1n) is 4.63. The summed E-state index contributed by atoms with van der Waals surface area (Å²) in [5.41, 5.74) is 0.180. The van der Waals surface area contributed by atoms with Crippen molar-refractivity contribution in [3.63, 3.8) is 0 Å². The summed E-state index contributed by atoms with van der Waals surface area (Å²) < 4.78 is 21.5. The second kappa shape index (κ2) is 5.42. The molecule has 0 amide bonds. The normalized spacial score (nSPS) is 15.3. The fourth-order valence-electron chi connectivity index (χ4n) is 1.12. The number of alkyl halides is 2. The molecule has 1 rings (SSSR count). The highest BCUT2D eigenvalue weighted by molar-refractivity contribution is 14.1. The number of ketones is 1. The smallest absolute Gasteiger partial charge is 0.257 e. The molecule has 0 aliphatic rings. The molecule has 1 aromatic carbocycles. The van der Waals surface area contributed by atoms with Crippen LogP contribution >= 0.6 is 45.8 Å². The minimum Gasteiger partial charge on any atom is -0.290 e. The van der Waals surface area contributed by atoms with Crippen LogP contribution in [0.4, 0.5) is 0 Å². The molecule has 0 aromatic heterocycles. The zero-order chi connectivity index (χ0) is 13.3. The standard InChI is InChI=1S/C10H9Cl2IO3S/c1-2-17(15,16)10(12,13)9(14)7-4-3-5-8(11)6-7/h3-6H,2H2,1H3/t10-/m0/s1. The highest BCUT2D eigenvalue weighted by atomic mass is 127. The lowest BCUT2D eigenvalue weighted by Crippen LogP contribution is -2.36. The summed E-state index contributed by atoms with van der Waals surface area (Å²) in [6.07, 6.45) is 0. The van der Waals surface area contributed by atoms with Crippen LogP contribution in [0.15, 0.2) is 24.3 Å². The van der Waals surface area contributed by atoms with E-state index in [1.807, 2.05) is 0 Å². The van der Waals surface area contributed by atoms with E-state index in [-0.39, 0.29) is 11.3 Å². The molecule has 0 aliphatic heterocycles. The van der Waals surface area contributed by atoms with Gasteiger partial charge in [0.2, 0.25) is 5.78 Å². The molecule has 0 unspecified atom stereocenters. The average molecular weight is 407 g/mol. The minimum absolute atomic E-state index is 0.180. The monoisotopic (exact) mass is 406 g/mol. The second-order valence-electron chi connectivity index (χ2n) is 3.26. The van der Waals surface area contributed by atoms with E-state index in [9.17, 15) is 13.2 Å². The predicted octanol–water partition coefficient (Wildman–Crippen LogP) is 3.29. The third-order valence-corrected chi connectivity index (χ3v) is 7.46. The molecule has 3 nitrogen and oxygen atoms in total. The Hall–Kier alpha value is 0.150. The summed E-state index contributed by atoms with van der Waals surface area (Å²) in [6, 6.07) is 6.04. The van der Waals surface area contributed by atoms with Crippen LogP contribution < -0.4 is 0 Å². The molecule has 0 saturated carbocycles. The number of carbonyl (C=O) groups is 1. The van der Waals surface area contributed by atoms with Crippen molar-refractivity contribution in [3.05, 3.63) is 34.9 Å². The lowest BCUT2D eigenvalue weighted by molar-refractivity contribution is 0.100. The molecular weight excluding hydrogens is 398 g/mol. The molecule has 0 spiro atoms. The molecule has 7 heteroatoms. The van der Waals surface area contributed by atoms with Crippen molar-refractivity contribution in [2.24, 2.45) is 0 Å². The lowest BCUT2D eigenvalue weighted by atomic mass is 10.1. The van der Waals surface area contributed by atoms with E-state index in [1.54, 1.807) is 12.1 Å². The molecule has 0 heterocycles. The van der Waals surface area contributed by atoms with Gasteiger partial charge in [0.1, 0.15) is 0 Å². The Morgan fingerprint density at radius 2 is 2.06 bits per heavy atom. The Bertz CT molecular complexity index is 540. The zero-order valence-corrected chi connectivity index (χ0v) is 13.3. The van der Waals surface area contributed by atoms with Crippen molar-refractivity contribution in [1.82, 2.24) is 0 Å². The fraction of sp³-hybridized carbons (Fsp3) is 0.300. The topological polar surface area (TPSA) is 51.2 Å². The van der Waals surface area contributed by atoms with Crippen LogP contribution in [0, 0.1) is 0 Å². The average Bonchev–Trinajstić information content (AvgIpc) is 2.27. The fourth-order valence-corrected chi connectivity index (χ4v) is 3.76. The molecule has 0 bridgehead atoms. The van der Waals surface area contributed by atoms with Crippen molar-refractivity contribution in [2.75, 3.05) is 5.75 Å². The number of halogens is 3. The zero-order valence-electron chi connectivity index (χ0n) is 8.78. The first-order valence-corrected chi connectivity index (χ1v) is 8.11. The van der Waals surface area contributed by atoms with Gasteiger partial charge in [-0.15, -0.1) is 0 Å². The molecule has 0 N–H and O–H groups in total. The highest BCUT2D eigenvalue weighted by Gasteiger charge is 2.45. The maximum atomic E-state index is 12.0. The summed E-state index contributed by atoms with van der Waals surface area (Å²) in [5, 5.41) is 0.355. The number of hydrogen-bond acceptors (Lipinski definition) is 3. The van der Waals surface area contributed by atoms with Crippen LogP contribution in [0.1, 0.15) is 17.3 Å². The second-order valence-corrected chi connectivity index (χ2v) is 9.89. The van der Waals surface area contributed by atoms with Gasteiger partial charge in [0, 0.05) is 10.6 Å². The van der Waals surface area contributed by atoms with Crippen molar-refractivity contribution in [1.29, 1.82) is 0 Å². The van der Waals surface area contributed by atoms with Gasteiger partial charge in [0.25, 0.3) is 2.21 Å². The number of carbonyl (C=O) groups excluding carboxylic acids is 1.